The van der Waals surface area contributed by atoms with E-state index in [9.17, 15) is 0 Å². The molecule has 3 aliphatic carbocycles. The molecule has 0 aromatic rings. The second-order valence-corrected chi connectivity index (χ2v) is 10.8. The molecule has 2 heteroatoms. The van der Waals surface area contributed by atoms with Crippen LogP contribution in [0, 0.1) is 22.7 Å². The van der Waals surface area contributed by atoms with Crippen molar-refractivity contribution in [3.63, 3.8) is 0 Å². The van der Waals surface area contributed by atoms with Gasteiger partial charge in [-0.2, -0.15) is 0 Å². The van der Waals surface area contributed by atoms with E-state index < -0.39 is 0 Å². The van der Waals surface area contributed by atoms with Crippen LogP contribution in [0.15, 0.2) is 0 Å². The van der Waals surface area contributed by atoms with Crippen LogP contribution in [0.1, 0.15) is 106 Å². The Balaban J connectivity index is 0.000000142. The van der Waals surface area contributed by atoms with Crippen LogP contribution in [0.3, 0.4) is 0 Å². The van der Waals surface area contributed by atoms with Crippen LogP contribution < -0.4 is 0 Å². The molecule has 0 aromatic carbocycles. The summed E-state index contributed by atoms with van der Waals surface area (Å²) in [7, 11) is 0. The van der Waals surface area contributed by atoms with Gasteiger partial charge in [0.25, 0.3) is 0 Å². The highest BCUT2D eigenvalue weighted by Gasteiger charge is 2.42. The number of hydrogen-bond acceptors (Lipinski definition) is 2. The van der Waals surface area contributed by atoms with E-state index in [2.05, 4.69) is 41.5 Å². The summed E-state index contributed by atoms with van der Waals surface area (Å²) >= 11 is 0. The highest BCUT2D eigenvalue weighted by atomic mass is 16.5. The molecule has 4 unspecified atom stereocenters. The summed E-state index contributed by atoms with van der Waals surface area (Å²) in [6.45, 7) is 15.7. The van der Waals surface area contributed by atoms with Crippen molar-refractivity contribution in [2.45, 2.75) is 118 Å². The Morgan fingerprint density at radius 1 is 0.538 bits per heavy atom. The van der Waals surface area contributed by atoms with Crippen LogP contribution in [-0.2, 0) is 9.47 Å². The maximum absolute atomic E-state index is 5.39. The molecule has 0 aromatic heterocycles. The summed E-state index contributed by atoms with van der Waals surface area (Å²) < 4.78 is 10.8. The van der Waals surface area contributed by atoms with Crippen LogP contribution in [0.4, 0.5) is 0 Å². The molecule has 2 nitrogen and oxygen atoms in total. The fraction of sp³-hybridized carbons (Fsp3) is 1.00. The molecule has 0 spiro atoms. The van der Waals surface area contributed by atoms with Gasteiger partial charge >= 0.3 is 0 Å². The molecular formula is C24H46O2. The molecule has 2 aliphatic heterocycles. The van der Waals surface area contributed by atoms with Crippen molar-refractivity contribution in [2.24, 2.45) is 22.7 Å². The van der Waals surface area contributed by atoms with Gasteiger partial charge in [-0.25, -0.2) is 0 Å². The number of rotatable bonds is 0. The van der Waals surface area contributed by atoms with Crippen molar-refractivity contribution in [1.82, 2.24) is 0 Å². The molecule has 5 aliphatic rings. The van der Waals surface area contributed by atoms with Crippen LogP contribution in [0.5, 0.6) is 0 Å². The zero-order valence-corrected chi connectivity index (χ0v) is 18.6. The van der Waals surface area contributed by atoms with Crippen LogP contribution >= 0.6 is 0 Å². The number of fused-ring (bicyclic) bond motifs is 3. The lowest BCUT2D eigenvalue weighted by Crippen LogP contribution is -2.37. The molecule has 154 valence electrons. The predicted molar refractivity (Wildman–Crippen MR) is 112 cm³/mol. The Morgan fingerprint density at radius 3 is 1.04 bits per heavy atom. The average molecular weight is 367 g/mol. The van der Waals surface area contributed by atoms with E-state index in [4.69, 9.17) is 9.47 Å². The molecule has 2 heterocycles. The van der Waals surface area contributed by atoms with Gasteiger partial charge in [-0.15, -0.1) is 0 Å². The quantitative estimate of drug-likeness (QED) is 0.459. The summed E-state index contributed by atoms with van der Waals surface area (Å²) in [5.74, 6) is 1.59. The molecular weight excluding hydrogens is 320 g/mol. The van der Waals surface area contributed by atoms with Gasteiger partial charge in [-0.05, 0) is 101 Å². The SMILES string of the molecule is CC12CCC(C)(CC1)CC2.CC1CCC(C)OC1.CC1CCC(C)OC1. The van der Waals surface area contributed by atoms with Crippen molar-refractivity contribution in [3.05, 3.63) is 0 Å². The normalized spacial score (nSPS) is 45.0. The van der Waals surface area contributed by atoms with Crippen LogP contribution in [0.25, 0.3) is 0 Å². The van der Waals surface area contributed by atoms with E-state index in [-0.39, 0.29) is 0 Å². The summed E-state index contributed by atoms with van der Waals surface area (Å²) in [5, 5.41) is 0. The third-order valence-electron chi connectivity index (χ3n) is 7.46. The Bertz CT molecular complexity index is 306. The molecule has 2 bridgehead atoms. The lowest BCUT2D eigenvalue weighted by atomic mass is 9.55. The summed E-state index contributed by atoms with van der Waals surface area (Å²) in [5.41, 5.74) is 1.52. The average Bonchev–Trinajstić information content (AvgIpc) is 2.63. The third kappa shape index (κ3) is 7.50. The first kappa shape index (κ1) is 22.2. The molecule has 4 atom stereocenters. The van der Waals surface area contributed by atoms with Crippen LogP contribution in [-0.4, -0.2) is 25.4 Å². The monoisotopic (exact) mass is 366 g/mol. The molecule has 5 fully saturated rings. The highest BCUT2D eigenvalue weighted by Crippen LogP contribution is 2.56. The topological polar surface area (TPSA) is 18.5 Å². The van der Waals surface area contributed by atoms with E-state index in [0.717, 1.165) is 35.9 Å². The van der Waals surface area contributed by atoms with Gasteiger partial charge in [0.15, 0.2) is 0 Å². The van der Waals surface area contributed by atoms with Gasteiger partial charge in [-0.3, -0.25) is 0 Å². The van der Waals surface area contributed by atoms with Crippen molar-refractivity contribution in [2.75, 3.05) is 13.2 Å². The van der Waals surface area contributed by atoms with E-state index >= 15 is 0 Å². The zero-order chi connectivity index (χ0) is 19.2. The minimum atomic E-state index is 0.520. The van der Waals surface area contributed by atoms with Gasteiger partial charge in [0.2, 0.25) is 0 Å². The third-order valence-corrected chi connectivity index (χ3v) is 7.46. The first-order chi connectivity index (χ1) is 12.2. The van der Waals surface area contributed by atoms with Crippen molar-refractivity contribution < 1.29 is 9.47 Å². The van der Waals surface area contributed by atoms with Gasteiger partial charge in [-0.1, -0.05) is 27.7 Å². The minimum absolute atomic E-state index is 0.520. The fourth-order valence-corrected chi connectivity index (χ4v) is 4.59. The first-order valence-electron chi connectivity index (χ1n) is 11.4. The smallest absolute Gasteiger partial charge is 0.0547 e. The van der Waals surface area contributed by atoms with Crippen molar-refractivity contribution in [3.8, 4) is 0 Å². The number of ether oxygens (including phenoxy) is 2. The largest absolute Gasteiger partial charge is 0.378 e. The lowest BCUT2D eigenvalue weighted by molar-refractivity contribution is 0.000174. The molecule has 0 radical (unpaired) electrons. The maximum Gasteiger partial charge on any atom is 0.0547 e. The first-order valence-corrected chi connectivity index (χ1v) is 11.4. The van der Waals surface area contributed by atoms with Gasteiger partial charge in [0.1, 0.15) is 0 Å². The van der Waals surface area contributed by atoms with Gasteiger partial charge < -0.3 is 9.47 Å². The van der Waals surface area contributed by atoms with Crippen LogP contribution in [0.2, 0.25) is 0 Å². The lowest BCUT2D eigenvalue weighted by Gasteiger charge is -2.50. The molecule has 0 N–H and O–H groups in total. The summed E-state index contributed by atoms with van der Waals surface area (Å²) in [6, 6.07) is 0. The Hall–Kier alpha value is -0.0800. The second-order valence-electron chi connectivity index (χ2n) is 10.8. The van der Waals surface area contributed by atoms with Gasteiger partial charge in [0.05, 0.1) is 12.2 Å². The zero-order valence-electron chi connectivity index (χ0n) is 18.6. The maximum atomic E-state index is 5.39. The van der Waals surface area contributed by atoms with Crippen molar-refractivity contribution >= 4 is 0 Å². The van der Waals surface area contributed by atoms with E-state index in [1.165, 1.54) is 64.2 Å². The Labute approximate surface area is 163 Å². The Kier molecular flexibility index (Phi) is 8.47. The second kappa shape index (κ2) is 9.92. The summed E-state index contributed by atoms with van der Waals surface area (Å²) in [6.07, 6.45) is 15.3. The molecule has 0 amide bonds. The molecule has 5 rings (SSSR count). The molecule has 26 heavy (non-hydrogen) atoms. The number of hydrogen-bond donors (Lipinski definition) is 0. The Morgan fingerprint density at radius 2 is 0.846 bits per heavy atom. The molecule has 3 saturated carbocycles. The van der Waals surface area contributed by atoms with E-state index in [1.54, 1.807) is 0 Å². The van der Waals surface area contributed by atoms with Crippen molar-refractivity contribution in [1.29, 1.82) is 0 Å². The standard InChI is InChI=1S/C10H18.2C7H14O/c1-9-3-6-10(2,7-4-9)8-5-9;2*1-6-3-4-7(2)8-5-6/h3-8H2,1-2H3;2*6-7H,3-5H2,1-2H3. The fourth-order valence-electron chi connectivity index (χ4n) is 4.59. The predicted octanol–water partition coefficient (Wildman–Crippen LogP) is 7.01. The minimum Gasteiger partial charge on any atom is -0.378 e. The van der Waals surface area contributed by atoms with Gasteiger partial charge in [0, 0.05) is 13.2 Å². The molecule has 2 saturated heterocycles. The summed E-state index contributed by atoms with van der Waals surface area (Å²) in [4.78, 5) is 0. The van der Waals surface area contributed by atoms with E-state index in [1.807, 2.05) is 0 Å². The van der Waals surface area contributed by atoms with E-state index in [0.29, 0.717) is 12.2 Å². The highest BCUT2D eigenvalue weighted by molar-refractivity contribution is 4.94.